The predicted molar refractivity (Wildman–Crippen MR) is 65.8 cm³/mol. The molecule has 1 aromatic rings. The number of nitrogens with zero attached hydrogens (tertiary/aromatic N) is 1. The molecule has 6 heteroatoms. The first-order chi connectivity index (χ1) is 8.56. The summed E-state index contributed by atoms with van der Waals surface area (Å²) in [5.74, 6) is -0.798. The van der Waals surface area contributed by atoms with E-state index in [9.17, 15) is 9.90 Å². The van der Waals surface area contributed by atoms with E-state index in [2.05, 4.69) is 0 Å². The number of aromatic hydroxyl groups is 1. The lowest BCUT2D eigenvalue weighted by atomic mass is 10.1. The predicted octanol–water partition coefficient (Wildman–Crippen LogP) is 1.33. The van der Waals surface area contributed by atoms with E-state index >= 15 is 0 Å². The minimum Gasteiger partial charge on any atom is -0.508 e. The number of hydrogen-bond acceptors (Lipinski definition) is 4. The standard InChI is InChI=1S/C12H14ClNO4/c13-9-1-2-10(15)8(5-9)6-14-3-4-18-11(7-14)12(16)17/h1-2,5,11,15H,3-4,6-7H2,(H,16,17). The van der Waals surface area contributed by atoms with Gasteiger partial charge in [-0.15, -0.1) is 0 Å². The Morgan fingerprint density at radius 1 is 1.56 bits per heavy atom. The average Bonchev–Trinajstić information content (AvgIpc) is 2.34. The maximum Gasteiger partial charge on any atom is 0.334 e. The zero-order chi connectivity index (χ0) is 13.1. The fraction of sp³-hybridized carbons (Fsp3) is 0.417. The Morgan fingerprint density at radius 2 is 2.33 bits per heavy atom. The Bertz CT molecular complexity index is 452. The van der Waals surface area contributed by atoms with Gasteiger partial charge < -0.3 is 14.9 Å². The van der Waals surface area contributed by atoms with E-state index in [0.717, 1.165) is 0 Å². The Kier molecular flexibility index (Phi) is 4.06. The molecule has 1 unspecified atom stereocenters. The normalized spacial score (nSPS) is 20.8. The molecule has 0 radical (unpaired) electrons. The Hall–Kier alpha value is -1.30. The summed E-state index contributed by atoms with van der Waals surface area (Å²) < 4.78 is 5.13. The number of halogens is 1. The first-order valence-corrected chi connectivity index (χ1v) is 5.98. The van der Waals surface area contributed by atoms with Gasteiger partial charge in [-0.2, -0.15) is 0 Å². The van der Waals surface area contributed by atoms with E-state index < -0.39 is 12.1 Å². The van der Waals surface area contributed by atoms with Crippen LogP contribution in [0.4, 0.5) is 0 Å². The van der Waals surface area contributed by atoms with Gasteiger partial charge in [0.25, 0.3) is 0 Å². The van der Waals surface area contributed by atoms with Gasteiger partial charge >= 0.3 is 5.97 Å². The minimum absolute atomic E-state index is 0.165. The fourth-order valence-electron chi connectivity index (χ4n) is 1.92. The van der Waals surface area contributed by atoms with Gasteiger partial charge in [-0.3, -0.25) is 4.90 Å². The van der Waals surface area contributed by atoms with Gasteiger partial charge in [-0.1, -0.05) is 11.6 Å². The molecule has 1 atom stereocenters. The van der Waals surface area contributed by atoms with Gasteiger partial charge in [0.15, 0.2) is 6.10 Å². The van der Waals surface area contributed by atoms with Crippen LogP contribution in [0.15, 0.2) is 18.2 Å². The van der Waals surface area contributed by atoms with E-state index in [0.29, 0.717) is 36.8 Å². The number of phenols is 1. The highest BCUT2D eigenvalue weighted by atomic mass is 35.5. The minimum atomic E-state index is -0.963. The molecule has 0 aromatic heterocycles. The van der Waals surface area contributed by atoms with Gasteiger partial charge in [-0.05, 0) is 18.2 Å². The smallest absolute Gasteiger partial charge is 0.334 e. The van der Waals surface area contributed by atoms with Crippen molar-refractivity contribution in [3.63, 3.8) is 0 Å². The monoisotopic (exact) mass is 271 g/mol. The summed E-state index contributed by atoms with van der Waals surface area (Å²) in [6.07, 6.45) is -0.805. The van der Waals surface area contributed by atoms with Crippen molar-refractivity contribution in [1.82, 2.24) is 4.90 Å². The van der Waals surface area contributed by atoms with Crippen LogP contribution in [0.25, 0.3) is 0 Å². The Balaban J connectivity index is 2.04. The van der Waals surface area contributed by atoms with Crippen molar-refractivity contribution in [1.29, 1.82) is 0 Å². The maximum absolute atomic E-state index is 10.9. The van der Waals surface area contributed by atoms with Gasteiger partial charge in [0.2, 0.25) is 0 Å². The number of aliphatic carboxylic acids is 1. The summed E-state index contributed by atoms with van der Waals surface area (Å²) in [5, 5.41) is 19.2. The first-order valence-electron chi connectivity index (χ1n) is 5.60. The van der Waals surface area contributed by atoms with Crippen LogP contribution in [0.3, 0.4) is 0 Å². The Labute approximate surface area is 110 Å². The van der Waals surface area contributed by atoms with Crippen molar-refractivity contribution in [2.24, 2.45) is 0 Å². The van der Waals surface area contributed by atoms with Crippen LogP contribution in [0.1, 0.15) is 5.56 Å². The number of morpholine rings is 1. The SMILES string of the molecule is O=C(O)C1CN(Cc2cc(Cl)ccc2O)CCO1. The summed E-state index contributed by atoms with van der Waals surface area (Å²) in [6, 6.07) is 4.83. The van der Waals surface area contributed by atoms with Crippen LogP contribution >= 0.6 is 11.6 Å². The number of carboxylic acids is 1. The van der Waals surface area contributed by atoms with Gasteiger partial charge in [0.05, 0.1) is 6.61 Å². The second kappa shape index (κ2) is 5.56. The van der Waals surface area contributed by atoms with Crippen LogP contribution in [-0.4, -0.2) is 46.9 Å². The van der Waals surface area contributed by atoms with Crippen LogP contribution < -0.4 is 0 Å². The molecule has 0 bridgehead atoms. The molecular formula is C12H14ClNO4. The molecule has 0 aliphatic carbocycles. The largest absolute Gasteiger partial charge is 0.508 e. The average molecular weight is 272 g/mol. The number of rotatable bonds is 3. The van der Waals surface area contributed by atoms with Crippen molar-refractivity contribution >= 4 is 17.6 Å². The molecule has 0 saturated carbocycles. The summed E-state index contributed by atoms with van der Waals surface area (Å²) in [5.41, 5.74) is 0.688. The van der Waals surface area contributed by atoms with E-state index in [1.807, 2.05) is 4.90 Å². The third-order valence-corrected chi connectivity index (χ3v) is 3.10. The first kappa shape index (κ1) is 13.1. The van der Waals surface area contributed by atoms with Crippen molar-refractivity contribution < 1.29 is 19.7 Å². The quantitative estimate of drug-likeness (QED) is 0.868. The molecule has 1 heterocycles. The highest BCUT2D eigenvalue weighted by Gasteiger charge is 2.26. The number of carbonyl (C=O) groups is 1. The van der Waals surface area contributed by atoms with Gasteiger partial charge in [0.1, 0.15) is 5.75 Å². The summed E-state index contributed by atoms with van der Waals surface area (Å²) >= 11 is 5.87. The molecular weight excluding hydrogens is 258 g/mol. The number of ether oxygens (including phenoxy) is 1. The molecule has 5 nitrogen and oxygen atoms in total. The van der Waals surface area contributed by atoms with Crippen LogP contribution in [0.5, 0.6) is 5.75 Å². The summed E-state index contributed by atoms with van der Waals surface area (Å²) in [4.78, 5) is 12.8. The topological polar surface area (TPSA) is 70.0 Å². The molecule has 1 fully saturated rings. The van der Waals surface area contributed by atoms with E-state index in [1.54, 1.807) is 12.1 Å². The Morgan fingerprint density at radius 3 is 3.06 bits per heavy atom. The fourth-order valence-corrected chi connectivity index (χ4v) is 2.11. The lowest BCUT2D eigenvalue weighted by Crippen LogP contribution is -2.45. The number of phenolic OH excluding ortho intramolecular Hbond substituents is 1. The van der Waals surface area contributed by atoms with Gasteiger partial charge in [-0.25, -0.2) is 4.79 Å². The zero-order valence-corrected chi connectivity index (χ0v) is 10.4. The summed E-state index contributed by atoms with van der Waals surface area (Å²) in [7, 11) is 0. The number of hydrogen-bond donors (Lipinski definition) is 2. The summed E-state index contributed by atoms with van der Waals surface area (Å²) in [6.45, 7) is 1.77. The second-order valence-corrected chi connectivity index (χ2v) is 4.64. The molecule has 2 rings (SSSR count). The number of carboxylic acid groups (broad SMARTS) is 1. The van der Waals surface area contributed by atoms with Crippen molar-refractivity contribution in [2.45, 2.75) is 12.6 Å². The third kappa shape index (κ3) is 3.13. The molecule has 1 aliphatic heterocycles. The van der Waals surface area contributed by atoms with Crippen molar-refractivity contribution in [3.8, 4) is 5.75 Å². The highest BCUT2D eigenvalue weighted by Crippen LogP contribution is 2.23. The van der Waals surface area contributed by atoms with Crippen molar-refractivity contribution in [3.05, 3.63) is 28.8 Å². The van der Waals surface area contributed by atoms with E-state index in [-0.39, 0.29) is 5.75 Å². The lowest BCUT2D eigenvalue weighted by Gasteiger charge is -2.30. The molecule has 98 valence electrons. The highest BCUT2D eigenvalue weighted by molar-refractivity contribution is 6.30. The maximum atomic E-state index is 10.9. The van der Waals surface area contributed by atoms with E-state index in [4.69, 9.17) is 21.4 Å². The number of benzene rings is 1. The second-order valence-electron chi connectivity index (χ2n) is 4.21. The third-order valence-electron chi connectivity index (χ3n) is 2.86. The van der Waals surface area contributed by atoms with Crippen LogP contribution in [0.2, 0.25) is 5.02 Å². The molecule has 1 saturated heterocycles. The molecule has 18 heavy (non-hydrogen) atoms. The van der Waals surface area contributed by atoms with Crippen molar-refractivity contribution in [2.75, 3.05) is 19.7 Å². The molecule has 1 aliphatic rings. The van der Waals surface area contributed by atoms with Crippen LogP contribution in [-0.2, 0) is 16.1 Å². The lowest BCUT2D eigenvalue weighted by molar-refractivity contribution is -0.156. The molecule has 0 amide bonds. The molecule has 0 spiro atoms. The molecule has 1 aromatic carbocycles. The van der Waals surface area contributed by atoms with Crippen LogP contribution in [0, 0.1) is 0 Å². The van der Waals surface area contributed by atoms with Gasteiger partial charge in [0, 0.05) is 30.2 Å². The molecule has 2 N–H and O–H groups in total. The van der Waals surface area contributed by atoms with E-state index in [1.165, 1.54) is 6.07 Å². The zero-order valence-electron chi connectivity index (χ0n) is 9.67.